The van der Waals surface area contributed by atoms with E-state index < -0.39 is 23.1 Å². The van der Waals surface area contributed by atoms with Crippen molar-refractivity contribution < 1.29 is 22.5 Å². The van der Waals surface area contributed by atoms with Crippen molar-refractivity contribution in [3.8, 4) is 0 Å². The number of carboxylic acids is 1. The molecule has 1 unspecified atom stereocenters. The summed E-state index contributed by atoms with van der Waals surface area (Å²) in [5, 5.41) is 10.2. The summed E-state index contributed by atoms with van der Waals surface area (Å²) in [7, 11) is -2.85. The smallest absolute Gasteiger partial charge is 0.303 e. The molecule has 5 nitrogen and oxygen atoms in total. The molecule has 0 aliphatic heterocycles. The topological polar surface area (TPSA) is 80.7 Å². The Kier molecular flexibility index (Phi) is 6.28. The summed E-state index contributed by atoms with van der Waals surface area (Å²) in [4.78, 5) is 9.71. The van der Waals surface area contributed by atoms with Crippen molar-refractivity contribution in [2.45, 2.75) is 18.9 Å². The van der Waals surface area contributed by atoms with Gasteiger partial charge in [0.05, 0.1) is 0 Å². The van der Waals surface area contributed by atoms with Crippen LogP contribution in [0.4, 0.5) is 0 Å². The number of carbonyl (C=O) groups is 1. The summed E-state index contributed by atoms with van der Waals surface area (Å²) in [5.41, 5.74) is 2.00. The number of hydrogen-bond donors (Lipinski definition) is 2. The Hall–Kier alpha value is -2.44. The van der Waals surface area contributed by atoms with E-state index in [9.17, 15) is 13.2 Å². The van der Waals surface area contributed by atoms with Gasteiger partial charge in [0.25, 0.3) is 11.0 Å². The third kappa shape index (κ3) is 4.53. The second-order valence-corrected chi connectivity index (χ2v) is 5.78. The lowest BCUT2D eigenvalue weighted by Gasteiger charge is -2.18. The molecule has 24 heavy (non-hydrogen) atoms. The van der Waals surface area contributed by atoms with Crippen LogP contribution in [0.2, 0.25) is 0 Å². The minimum Gasteiger partial charge on any atom is -0.481 e. The van der Waals surface area contributed by atoms with Gasteiger partial charge >= 0.3 is 5.97 Å². The van der Waals surface area contributed by atoms with Crippen LogP contribution >= 0.6 is 0 Å². The summed E-state index contributed by atoms with van der Waals surface area (Å²) in [6, 6.07) is 11.8. The van der Waals surface area contributed by atoms with Crippen molar-refractivity contribution in [3.63, 3.8) is 0 Å². The van der Waals surface area contributed by atoms with Crippen molar-refractivity contribution in [3.05, 3.63) is 66.3 Å². The van der Waals surface area contributed by atoms with E-state index in [1.54, 1.807) is 12.2 Å². The zero-order valence-corrected chi connectivity index (χ0v) is 13.8. The number of aliphatic carboxylic acids is 1. The molecule has 0 saturated carbocycles. The minimum atomic E-state index is -2.85. The van der Waals surface area contributed by atoms with Crippen LogP contribution in [0.5, 0.6) is 0 Å². The SMILES string of the molecule is C=CCCC(=O)O.O=[SH](=O)OC1C=Cc2cccc3cccc1c23. The quantitative estimate of drug-likeness (QED) is 0.640. The molecule has 0 aromatic heterocycles. The molecule has 1 aliphatic carbocycles. The molecule has 0 radical (unpaired) electrons. The molecule has 1 aliphatic rings. The van der Waals surface area contributed by atoms with Crippen LogP contribution in [-0.4, -0.2) is 19.5 Å². The van der Waals surface area contributed by atoms with Gasteiger partial charge in [0.1, 0.15) is 6.10 Å². The molecule has 3 rings (SSSR count). The van der Waals surface area contributed by atoms with Crippen molar-refractivity contribution in [2.75, 3.05) is 0 Å². The van der Waals surface area contributed by atoms with Gasteiger partial charge in [-0.25, -0.2) is 8.42 Å². The molecule has 0 saturated heterocycles. The number of rotatable bonds is 5. The van der Waals surface area contributed by atoms with E-state index in [2.05, 4.69) is 6.58 Å². The van der Waals surface area contributed by atoms with Crippen LogP contribution in [-0.2, 0) is 20.0 Å². The maximum atomic E-state index is 10.7. The van der Waals surface area contributed by atoms with E-state index >= 15 is 0 Å². The molecule has 0 amide bonds. The second kappa shape index (κ2) is 8.42. The fraction of sp³-hybridized carbons (Fsp3) is 0.167. The lowest BCUT2D eigenvalue weighted by Crippen LogP contribution is -2.04. The third-order valence-corrected chi connectivity index (χ3v) is 3.89. The first-order valence-electron chi connectivity index (χ1n) is 7.36. The zero-order valence-electron chi connectivity index (χ0n) is 12.9. The molecule has 0 spiro atoms. The van der Waals surface area contributed by atoms with E-state index in [4.69, 9.17) is 9.29 Å². The summed E-state index contributed by atoms with van der Waals surface area (Å²) >= 11 is 0. The van der Waals surface area contributed by atoms with E-state index in [-0.39, 0.29) is 6.42 Å². The van der Waals surface area contributed by atoms with Crippen LogP contribution < -0.4 is 0 Å². The van der Waals surface area contributed by atoms with Gasteiger partial charge in [0, 0.05) is 6.42 Å². The summed E-state index contributed by atoms with van der Waals surface area (Å²) in [6.45, 7) is 3.37. The number of carboxylic acid groups (broad SMARTS) is 1. The lowest BCUT2D eigenvalue weighted by atomic mass is 9.92. The normalized spacial score (nSPS) is 15.0. The Morgan fingerprint density at radius 2 is 1.96 bits per heavy atom. The molecule has 0 bridgehead atoms. The van der Waals surface area contributed by atoms with E-state index in [1.807, 2.05) is 42.5 Å². The highest BCUT2D eigenvalue weighted by Crippen LogP contribution is 2.35. The zero-order chi connectivity index (χ0) is 17.5. The molecule has 126 valence electrons. The summed E-state index contributed by atoms with van der Waals surface area (Å²) in [5.74, 6) is -0.764. The van der Waals surface area contributed by atoms with Crippen LogP contribution in [0.25, 0.3) is 16.8 Å². The van der Waals surface area contributed by atoms with Crippen LogP contribution in [0.15, 0.2) is 55.1 Å². The summed E-state index contributed by atoms with van der Waals surface area (Å²) in [6.07, 6.45) is 5.52. The van der Waals surface area contributed by atoms with E-state index in [0.717, 1.165) is 21.9 Å². The average Bonchev–Trinajstić information content (AvgIpc) is 2.56. The van der Waals surface area contributed by atoms with Crippen molar-refractivity contribution in [2.24, 2.45) is 0 Å². The highest BCUT2D eigenvalue weighted by atomic mass is 32.2. The van der Waals surface area contributed by atoms with Crippen LogP contribution in [0.3, 0.4) is 0 Å². The predicted octanol–water partition coefficient (Wildman–Crippen LogP) is 3.49. The van der Waals surface area contributed by atoms with Crippen LogP contribution in [0.1, 0.15) is 30.1 Å². The van der Waals surface area contributed by atoms with Gasteiger partial charge in [0.2, 0.25) is 0 Å². The van der Waals surface area contributed by atoms with Crippen LogP contribution in [0, 0.1) is 0 Å². The first kappa shape index (κ1) is 17.9. The van der Waals surface area contributed by atoms with Crippen molar-refractivity contribution in [1.82, 2.24) is 0 Å². The Labute approximate surface area is 142 Å². The molecule has 0 heterocycles. The molecule has 2 aromatic carbocycles. The maximum Gasteiger partial charge on any atom is 0.303 e. The van der Waals surface area contributed by atoms with Gasteiger partial charge in [-0.1, -0.05) is 48.6 Å². The van der Waals surface area contributed by atoms with Crippen molar-refractivity contribution >= 4 is 33.8 Å². The minimum absolute atomic E-state index is 0.198. The highest BCUT2D eigenvalue weighted by molar-refractivity contribution is 7.67. The fourth-order valence-electron chi connectivity index (χ4n) is 2.48. The molecule has 6 heteroatoms. The van der Waals surface area contributed by atoms with Gasteiger partial charge in [-0.2, -0.15) is 0 Å². The van der Waals surface area contributed by atoms with Gasteiger partial charge in [-0.15, -0.1) is 6.58 Å². The van der Waals surface area contributed by atoms with Gasteiger partial charge in [-0.3, -0.25) is 8.98 Å². The van der Waals surface area contributed by atoms with Gasteiger partial charge < -0.3 is 5.11 Å². The standard InChI is InChI=1S/C13H10O3S.C5H8O2/c14-17(15)16-12-8-7-10-4-1-3-9-5-2-6-11(12)13(9)10;1-2-3-4-5(6)7/h1-8,12,17H;2H,1,3-4H2,(H,6,7). The Balaban J connectivity index is 0.000000256. The van der Waals surface area contributed by atoms with Crippen molar-refractivity contribution in [1.29, 1.82) is 0 Å². The molecular weight excluding hydrogens is 328 g/mol. The number of allylic oxidation sites excluding steroid dienone is 1. The largest absolute Gasteiger partial charge is 0.481 e. The van der Waals surface area contributed by atoms with Gasteiger partial charge in [-0.05, 0) is 34.4 Å². The van der Waals surface area contributed by atoms with Gasteiger partial charge in [0.15, 0.2) is 0 Å². The van der Waals surface area contributed by atoms with E-state index in [1.165, 1.54) is 0 Å². The maximum absolute atomic E-state index is 10.7. The Bertz CT molecular complexity index is 838. The predicted molar refractivity (Wildman–Crippen MR) is 94.2 cm³/mol. The number of benzene rings is 2. The monoisotopic (exact) mass is 346 g/mol. The lowest BCUT2D eigenvalue weighted by molar-refractivity contribution is -0.136. The first-order chi connectivity index (χ1) is 11.5. The number of hydrogen-bond acceptors (Lipinski definition) is 4. The third-order valence-electron chi connectivity index (χ3n) is 3.49. The molecule has 1 atom stereocenters. The first-order valence-corrected chi connectivity index (χ1v) is 8.46. The van der Waals surface area contributed by atoms with E-state index in [0.29, 0.717) is 6.42 Å². The highest BCUT2D eigenvalue weighted by Gasteiger charge is 2.18. The molecular formula is C18H18O5S. The number of thiol groups is 1. The molecule has 1 N–H and O–H groups in total. The Morgan fingerprint density at radius 3 is 2.54 bits per heavy atom. The Morgan fingerprint density at radius 1 is 1.25 bits per heavy atom. The molecule has 2 aromatic rings. The molecule has 0 fully saturated rings. The summed E-state index contributed by atoms with van der Waals surface area (Å²) < 4.78 is 26.3. The second-order valence-electron chi connectivity index (χ2n) is 5.12. The fourth-order valence-corrected chi connectivity index (χ4v) is 2.85. The average molecular weight is 346 g/mol.